The first-order valence-electron chi connectivity index (χ1n) is 18.7. The molecule has 1 aliphatic heterocycles. The lowest BCUT2D eigenvalue weighted by Crippen LogP contribution is -2.36. The summed E-state index contributed by atoms with van der Waals surface area (Å²) in [5.74, 6) is 0.996. The number of benzene rings is 5. The van der Waals surface area contributed by atoms with E-state index in [1.807, 2.05) is 78.9 Å². The molecule has 0 atom stereocenters. The van der Waals surface area contributed by atoms with Gasteiger partial charge in [0.05, 0.1) is 56.4 Å². The molecule has 0 radical (unpaired) electrons. The summed E-state index contributed by atoms with van der Waals surface area (Å²) < 4.78 is 18.9. The third-order valence-electron chi connectivity index (χ3n) is 9.15. The zero-order valence-corrected chi connectivity index (χ0v) is 34.1. The van der Waals surface area contributed by atoms with E-state index in [1.165, 1.54) is 6.07 Å². The number of morpholine rings is 1. The van der Waals surface area contributed by atoms with Crippen LogP contribution in [0.25, 0.3) is 21.8 Å². The van der Waals surface area contributed by atoms with E-state index in [0.29, 0.717) is 21.6 Å². The lowest BCUT2D eigenvalue weighted by molar-refractivity contribution is 0.123. The summed E-state index contributed by atoms with van der Waals surface area (Å²) >= 11 is 18.2. The summed E-state index contributed by atoms with van der Waals surface area (Å²) in [6, 6.07) is 38.3. The number of fused-ring (bicyclic) bond motifs is 2. The monoisotopic (exact) mass is 821 g/mol. The van der Waals surface area contributed by atoms with Gasteiger partial charge in [0.15, 0.2) is 0 Å². The second kappa shape index (κ2) is 17.9. The highest BCUT2D eigenvalue weighted by atomic mass is 35.5. The maximum Gasteiger partial charge on any atom is 0.141 e. The van der Waals surface area contributed by atoms with Crippen LogP contribution in [0.4, 0.5) is 50.2 Å². The van der Waals surface area contributed by atoms with Crippen molar-refractivity contribution >= 4 is 102 Å². The SMILES string of the molecule is CC(C)(C)CNc1cc(Nc2ccc(F)c(Cl)c2)nc2ccccc12.Clc1ccc(Nc2cc(Nc3ccccc3N3CCOCC3)nc3ccccc23)cc1Cl. The summed E-state index contributed by atoms with van der Waals surface area (Å²) in [6.07, 6.45) is 0. The quantitative estimate of drug-likeness (QED) is 0.115. The molecule has 1 aliphatic rings. The second-order valence-corrected chi connectivity index (χ2v) is 16.0. The fraction of sp³-hybridized carbons (Fsp3) is 0.200. The van der Waals surface area contributed by atoms with Crippen LogP contribution in [0, 0.1) is 11.2 Å². The normalized spacial score (nSPS) is 12.9. The van der Waals surface area contributed by atoms with Crippen LogP contribution in [0.1, 0.15) is 20.8 Å². The van der Waals surface area contributed by atoms with E-state index < -0.39 is 5.82 Å². The van der Waals surface area contributed by atoms with Crippen LogP contribution < -0.4 is 26.2 Å². The van der Waals surface area contributed by atoms with Gasteiger partial charge in [-0.05, 0) is 66.1 Å². The van der Waals surface area contributed by atoms with Crippen molar-refractivity contribution < 1.29 is 9.13 Å². The van der Waals surface area contributed by atoms with E-state index >= 15 is 0 Å². The van der Waals surface area contributed by atoms with E-state index in [-0.39, 0.29) is 10.4 Å². The highest BCUT2D eigenvalue weighted by Crippen LogP contribution is 2.35. The molecule has 2 aromatic heterocycles. The molecule has 8 rings (SSSR count). The number of pyridine rings is 2. The molecule has 0 saturated carbocycles. The maximum absolute atomic E-state index is 13.3. The summed E-state index contributed by atoms with van der Waals surface area (Å²) in [7, 11) is 0. The fourth-order valence-corrected chi connectivity index (χ4v) is 6.82. The zero-order chi connectivity index (χ0) is 39.9. The van der Waals surface area contributed by atoms with Crippen LogP contribution in [0.5, 0.6) is 0 Å². The minimum atomic E-state index is -0.439. The highest BCUT2D eigenvalue weighted by molar-refractivity contribution is 6.42. The predicted molar refractivity (Wildman–Crippen MR) is 239 cm³/mol. The number of nitrogens with zero attached hydrogens (tertiary/aromatic N) is 3. The van der Waals surface area contributed by atoms with Crippen LogP contribution in [0.3, 0.4) is 0 Å². The first-order valence-corrected chi connectivity index (χ1v) is 19.8. The molecule has 0 unspecified atom stereocenters. The van der Waals surface area contributed by atoms with Gasteiger partial charge in [-0.2, -0.15) is 0 Å². The summed E-state index contributed by atoms with van der Waals surface area (Å²) in [4.78, 5) is 11.8. The van der Waals surface area contributed by atoms with Gasteiger partial charge in [0.25, 0.3) is 0 Å². The molecular weight excluding hydrogens is 780 g/mol. The van der Waals surface area contributed by atoms with Gasteiger partial charge in [0.1, 0.15) is 17.5 Å². The van der Waals surface area contributed by atoms with E-state index in [0.717, 1.165) is 88.9 Å². The number of para-hydroxylation sites is 4. The molecule has 5 aromatic carbocycles. The standard InChI is InChI=1S/C25H22Cl2N4O.C20H21ClFN3/c26-19-10-9-17(15-20(19)27)28-23-16-25(29-21-6-2-1-5-18(21)23)30-22-7-3-4-8-24(22)31-11-13-32-14-12-31;1-20(2,3)12-23-18-11-19(25-17-7-5-4-6-14(17)18)24-13-8-9-16(22)15(21)10-13/h1-10,15-16H,11-14H2,(H2,28,29,30);4-11H,12H2,1-3H3,(H2,23,24,25). The van der Waals surface area contributed by atoms with Gasteiger partial charge >= 0.3 is 0 Å². The Kier molecular flexibility index (Phi) is 12.5. The van der Waals surface area contributed by atoms with E-state index in [4.69, 9.17) is 44.5 Å². The first-order chi connectivity index (χ1) is 27.5. The van der Waals surface area contributed by atoms with Crippen molar-refractivity contribution in [2.75, 3.05) is 59.0 Å². The van der Waals surface area contributed by atoms with Gasteiger partial charge in [0.2, 0.25) is 0 Å². The average molecular weight is 823 g/mol. The molecule has 12 heteroatoms. The Morgan fingerprint density at radius 1 is 0.614 bits per heavy atom. The molecule has 0 aliphatic carbocycles. The Balaban J connectivity index is 0.000000180. The molecule has 7 aromatic rings. The zero-order valence-electron chi connectivity index (χ0n) is 31.8. The highest BCUT2D eigenvalue weighted by Gasteiger charge is 2.16. The summed E-state index contributed by atoms with van der Waals surface area (Å²) in [5, 5.41) is 16.9. The minimum Gasteiger partial charge on any atom is -0.384 e. The molecule has 0 amide bonds. The molecule has 292 valence electrons. The van der Waals surface area contributed by atoms with Crippen molar-refractivity contribution in [3.8, 4) is 0 Å². The summed E-state index contributed by atoms with van der Waals surface area (Å²) in [6.45, 7) is 10.6. The number of hydrogen-bond donors (Lipinski definition) is 4. The predicted octanol–water partition coefficient (Wildman–Crippen LogP) is 13.1. The van der Waals surface area contributed by atoms with Crippen LogP contribution in [-0.2, 0) is 4.74 Å². The maximum atomic E-state index is 13.3. The lowest BCUT2D eigenvalue weighted by atomic mass is 9.97. The molecule has 0 spiro atoms. The van der Waals surface area contributed by atoms with Crippen molar-refractivity contribution in [1.29, 1.82) is 0 Å². The Morgan fingerprint density at radius 3 is 1.88 bits per heavy atom. The number of nitrogens with one attached hydrogen (secondary N) is 4. The van der Waals surface area contributed by atoms with Gasteiger partial charge in [-0.3, -0.25) is 0 Å². The van der Waals surface area contributed by atoms with Gasteiger partial charge in [-0.25, -0.2) is 14.4 Å². The van der Waals surface area contributed by atoms with Crippen molar-refractivity contribution in [2.45, 2.75) is 20.8 Å². The number of aromatic nitrogens is 2. The van der Waals surface area contributed by atoms with Crippen LogP contribution in [-0.4, -0.2) is 42.8 Å². The molecule has 1 saturated heterocycles. The van der Waals surface area contributed by atoms with Crippen molar-refractivity contribution in [2.24, 2.45) is 5.41 Å². The molecule has 3 heterocycles. The Bertz CT molecular complexity index is 2510. The number of rotatable bonds is 9. The Hall–Kier alpha value is -5.32. The Labute approximate surface area is 347 Å². The third-order valence-corrected chi connectivity index (χ3v) is 10.2. The number of halogens is 4. The van der Waals surface area contributed by atoms with Gasteiger partial charge in [0, 0.05) is 59.6 Å². The summed E-state index contributed by atoms with van der Waals surface area (Å²) in [5.41, 5.74) is 7.58. The van der Waals surface area contributed by atoms with Crippen molar-refractivity contribution in [1.82, 2.24) is 9.97 Å². The molecule has 0 bridgehead atoms. The molecular formula is C45H43Cl3FN7O. The van der Waals surface area contributed by atoms with Crippen LogP contribution in [0.2, 0.25) is 15.1 Å². The average Bonchev–Trinajstić information content (AvgIpc) is 3.20. The number of hydrogen-bond acceptors (Lipinski definition) is 8. The van der Waals surface area contributed by atoms with E-state index in [9.17, 15) is 4.39 Å². The Morgan fingerprint density at radius 2 is 1.19 bits per heavy atom. The first kappa shape index (κ1) is 39.9. The minimum absolute atomic E-state index is 0.0804. The fourth-order valence-electron chi connectivity index (χ4n) is 6.34. The van der Waals surface area contributed by atoms with Crippen molar-refractivity contribution in [3.05, 3.63) is 142 Å². The van der Waals surface area contributed by atoms with Gasteiger partial charge in [-0.1, -0.05) is 104 Å². The lowest BCUT2D eigenvalue weighted by Gasteiger charge is -2.30. The molecule has 4 N–H and O–H groups in total. The van der Waals surface area contributed by atoms with Crippen molar-refractivity contribution in [3.63, 3.8) is 0 Å². The topological polar surface area (TPSA) is 86.4 Å². The second-order valence-electron chi connectivity index (χ2n) is 14.8. The van der Waals surface area contributed by atoms with Crippen LogP contribution in [0.15, 0.2) is 121 Å². The van der Waals surface area contributed by atoms with Gasteiger partial charge in [-0.15, -0.1) is 0 Å². The molecule has 8 nitrogen and oxygen atoms in total. The van der Waals surface area contributed by atoms with E-state index in [1.54, 1.807) is 18.2 Å². The molecule has 57 heavy (non-hydrogen) atoms. The number of anilines is 8. The van der Waals surface area contributed by atoms with Gasteiger partial charge < -0.3 is 30.9 Å². The third kappa shape index (κ3) is 10.4. The van der Waals surface area contributed by atoms with E-state index in [2.05, 4.69) is 70.1 Å². The van der Waals surface area contributed by atoms with Crippen LogP contribution >= 0.6 is 34.8 Å². The number of ether oxygens (including phenoxy) is 1. The smallest absolute Gasteiger partial charge is 0.141 e. The molecule has 1 fully saturated rings. The largest absolute Gasteiger partial charge is 0.384 e.